The summed E-state index contributed by atoms with van der Waals surface area (Å²) in [5.74, 6) is -4.18. The Morgan fingerprint density at radius 2 is 1.58 bits per heavy atom. The number of aliphatic carboxylic acids is 2. The van der Waals surface area contributed by atoms with Crippen LogP contribution in [0.4, 0.5) is 0 Å². The Morgan fingerprint density at radius 3 is 2.00 bits per heavy atom. The van der Waals surface area contributed by atoms with Gasteiger partial charge in [-0.05, 0) is 30.2 Å². The number of carbonyl (C=O) groups is 2. The molecular weight excluding hydrogens is 244 g/mol. The lowest BCUT2D eigenvalue weighted by molar-refractivity contribution is -0.158. The van der Waals surface area contributed by atoms with Crippen LogP contribution in [0.1, 0.15) is 25.8 Å². The first-order chi connectivity index (χ1) is 8.93. The lowest BCUT2D eigenvalue weighted by atomic mass is 9.79. The molecule has 0 aliphatic heterocycles. The molecule has 1 rings (SSSR count). The third kappa shape index (κ3) is 4.39. The molecule has 104 valence electrons. The van der Waals surface area contributed by atoms with Gasteiger partial charge in [-0.15, -0.1) is 0 Å². The number of hydrogen-bond acceptors (Lipinski definition) is 2. The van der Waals surface area contributed by atoms with Gasteiger partial charge in [0.15, 0.2) is 5.92 Å². The van der Waals surface area contributed by atoms with Gasteiger partial charge in [0.1, 0.15) is 0 Å². The van der Waals surface area contributed by atoms with E-state index < -0.39 is 17.9 Å². The second kappa shape index (κ2) is 6.92. The van der Waals surface area contributed by atoms with Crippen molar-refractivity contribution in [2.45, 2.75) is 26.7 Å². The molecule has 0 saturated heterocycles. The number of aryl methyl sites for hydroxylation is 1. The Bertz CT molecular complexity index is 411. The highest BCUT2D eigenvalue weighted by atomic mass is 16.4. The number of hydrogen-bond donors (Lipinski definition) is 2. The van der Waals surface area contributed by atoms with Gasteiger partial charge in [0.05, 0.1) is 0 Å². The fourth-order valence-electron chi connectivity index (χ4n) is 2.33. The fourth-order valence-corrected chi connectivity index (χ4v) is 2.33. The molecule has 0 aromatic heterocycles. The van der Waals surface area contributed by atoms with Crippen LogP contribution in [0.5, 0.6) is 0 Å². The predicted octanol–water partition coefficient (Wildman–Crippen LogP) is 2.68. The maximum Gasteiger partial charge on any atom is 0.318 e. The predicted molar refractivity (Wildman–Crippen MR) is 71.9 cm³/mol. The first kappa shape index (κ1) is 15.2. The summed E-state index contributed by atoms with van der Waals surface area (Å²) >= 11 is 0. The number of carboxylic acid groups (broad SMARTS) is 2. The zero-order chi connectivity index (χ0) is 14.4. The highest BCUT2D eigenvalue weighted by Gasteiger charge is 2.36. The van der Waals surface area contributed by atoms with E-state index in [-0.39, 0.29) is 11.8 Å². The van der Waals surface area contributed by atoms with Crippen molar-refractivity contribution in [2.24, 2.45) is 17.8 Å². The van der Waals surface area contributed by atoms with Crippen LogP contribution >= 0.6 is 0 Å². The first-order valence-corrected chi connectivity index (χ1v) is 6.43. The monoisotopic (exact) mass is 264 g/mol. The van der Waals surface area contributed by atoms with E-state index in [1.165, 1.54) is 0 Å². The Morgan fingerprint density at radius 1 is 1.05 bits per heavy atom. The summed E-state index contributed by atoms with van der Waals surface area (Å²) in [5.41, 5.74) is 1.10. The summed E-state index contributed by atoms with van der Waals surface area (Å²) in [6, 6.07) is 9.69. The molecule has 0 fully saturated rings. The highest BCUT2D eigenvalue weighted by molar-refractivity contribution is 5.93. The van der Waals surface area contributed by atoms with Gasteiger partial charge in [-0.25, -0.2) is 0 Å². The van der Waals surface area contributed by atoms with Gasteiger partial charge in [-0.3, -0.25) is 9.59 Å². The highest BCUT2D eigenvalue weighted by Crippen LogP contribution is 2.27. The van der Waals surface area contributed by atoms with E-state index in [1.54, 1.807) is 0 Å². The van der Waals surface area contributed by atoms with Crippen molar-refractivity contribution in [2.75, 3.05) is 0 Å². The fraction of sp³-hybridized carbons (Fsp3) is 0.467. The molecule has 0 aliphatic rings. The standard InChI is InChI=1S/C15H20O4/c1-10(2)12(13(14(16)17)15(18)19)9-8-11-6-4-3-5-7-11/h3-7,10,12-13H,8-9H2,1-2H3,(H,16,17)(H,18,19). The normalized spacial score (nSPS) is 12.6. The van der Waals surface area contributed by atoms with Gasteiger partial charge in [0, 0.05) is 0 Å². The van der Waals surface area contributed by atoms with Crippen LogP contribution in [0, 0.1) is 17.8 Å². The maximum atomic E-state index is 11.1. The molecule has 0 amide bonds. The SMILES string of the molecule is CC(C)C(CCc1ccccc1)C(C(=O)O)C(=O)O. The van der Waals surface area contributed by atoms with Crippen LogP contribution in [0.2, 0.25) is 0 Å². The first-order valence-electron chi connectivity index (χ1n) is 6.43. The van der Waals surface area contributed by atoms with Crippen LogP contribution in [0.25, 0.3) is 0 Å². The molecule has 19 heavy (non-hydrogen) atoms. The Hall–Kier alpha value is -1.84. The zero-order valence-electron chi connectivity index (χ0n) is 11.2. The second-order valence-corrected chi connectivity index (χ2v) is 5.09. The lowest BCUT2D eigenvalue weighted by Gasteiger charge is -2.24. The number of rotatable bonds is 7. The number of benzene rings is 1. The van der Waals surface area contributed by atoms with E-state index in [0.29, 0.717) is 12.8 Å². The molecule has 0 spiro atoms. The molecule has 0 bridgehead atoms. The van der Waals surface area contributed by atoms with Gasteiger partial charge < -0.3 is 10.2 Å². The minimum atomic E-state index is -1.33. The summed E-state index contributed by atoms with van der Waals surface area (Å²) in [5, 5.41) is 18.2. The molecular formula is C15H20O4. The molecule has 2 N–H and O–H groups in total. The van der Waals surface area contributed by atoms with Crippen LogP contribution in [0.3, 0.4) is 0 Å². The Labute approximate surface area is 113 Å². The minimum absolute atomic E-state index is 0.0147. The summed E-state index contributed by atoms with van der Waals surface area (Å²) in [4.78, 5) is 22.2. The summed E-state index contributed by atoms with van der Waals surface area (Å²) in [7, 11) is 0. The average molecular weight is 264 g/mol. The van der Waals surface area contributed by atoms with Gasteiger partial charge >= 0.3 is 11.9 Å². The molecule has 1 unspecified atom stereocenters. The van der Waals surface area contributed by atoms with Crippen molar-refractivity contribution in [1.29, 1.82) is 0 Å². The quantitative estimate of drug-likeness (QED) is 0.742. The molecule has 1 aromatic carbocycles. The molecule has 0 heterocycles. The average Bonchev–Trinajstić information content (AvgIpc) is 2.34. The smallest absolute Gasteiger partial charge is 0.318 e. The number of carboxylic acids is 2. The van der Waals surface area contributed by atoms with E-state index in [2.05, 4.69) is 0 Å². The van der Waals surface area contributed by atoms with Crippen molar-refractivity contribution >= 4 is 11.9 Å². The molecule has 0 aliphatic carbocycles. The Balaban J connectivity index is 2.78. The Kier molecular flexibility index (Phi) is 5.55. The molecule has 0 saturated carbocycles. The molecule has 4 nitrogen and oxygen atoms in total. The van der Waals surface area contributed by atoms with E-state index in [0.717, 1.165) is 5.56 Å². The van der Waals surface area contributed by atoms with Gasteiger partial charge in [0.2, 0.25) is 0 Å². The molecule has 1 aromatic rings. The van der Waals surface area contributed by atoms with E-state index in [4.69, 9.17) is 10.2 Å². The molecule has 0 radical (unpaired) electrons. The van der Waals surface area contributed by atoms with Crippen molar-refractivity contribution in [1.82, 2.24) is 0 Å². The van der Waals surface area contributed by atoms with Gasteiger partial charge in [-0.1, -0.05) is 44.2 Å². The van der Waals surface area contributed by atoms with Crippen molar-refractivity contribution < 1.29 is 19.8 Å². The van der Waals surface area contributed by atoms with Crippen LogP contribution in [0.15, 0.2) is 30.3 Å². The van der Waals surface area contributed by atoms with Gasteiger partial charge in [0.25, 0.3) is 0 Å². The van der Waals surface area contributed by atoms with Crippen molar-refractivity contribution in [3.8, 4) is 0 Å². The third-order valence-electron chi connectivity index (χ3n) is 3.43. The lowest BCUT2D eigenvalue weighted by Crippen LogP contribution is -2.34. The zero-order valence-corrected chi connectivity index (χ0v) is 11.2. The topological polar surface area (TPSA) is 74.6 Å². The van der Waals surface area contributed by atoms with Crippen LogP contribution in [-0.2, 0) is 16.0 Å². The molecule has 1 atom stereocenters. The van der Waals surface area contributed by atoms with E-state index >= 15 is 0 Å². The summed E-state index contributed by atoms with van der Waals surface area (Å²) < 4.78 is 0. The molecule has 4 heteroatoms. The van der Waals surface area contributed by atoms with Crippen molar-refractivity contribution in [3.05, 3.63) is 35.9 Å². The van der Waals surface area contributed by atoms with Crippen molar-refractivity contribution in [3.63, 3.8) is 0 Å². The van der Waals surface area contributed by atoms with Crippen LogP contribution < -0.4 is 0 Å². The largest absolute Gasteiger partial charge is 0.481 e. The minimum Gasteiger partial charge on any atom is -0.481 e. The van der Waals surface area contributed by atoms with E-state index in [1.807, 2.05) is 44.2 Å². The van der Waals surface area contributed by atoms with Gasteiger partial charge in [-0.2, -0.15) is 0 Å². The third-order valence-corrected chi connectivity index (χ3v) is 3.43. The summed E-state index contributed by atoms with van der Waals surface area (Å²) in [6.45, 7) is 3.74. The summed E-state index contributed by atoms with van der Waals surface area (Å²) in [6.07, 6.45) is 1.26. The van der Waals surface area contributed by atoms with Crippen LogP contribution in [-0.4, -0.2) is 22.2 Å². The second-order valence-electron chi connectivity index (χ2n) is 5.09. The van der Waals surface area contributed by atoms with E-state index in [9.17, 15) is 9.59 Å². The maximum absolute atomic E-state index is 11.1.